The molecule has 1 aromatic rings. The second kappa shape index (κ2) is 3.92. The van der Waals surface area contributed by atoms with Crippen molar-refractivity contribution in [2.75, 3.05) is 10.0 Å². The van der Waals surface area contributed by atoms with Gasteiger partial charge in [-0.1, -0.05) is 0 Å². The maximum absolute atomic E-state index is 12.1. The lowest BCUT2D eigenvalue weighted by molar-refractivity contribution is 0.602. The van der Waals surface area contributed by atoms with Crippen LogP contribution in [-0.4, -0.2) is 8.42 Å². The van der Waals surface area contributed by atoms with E-state index in [-0.39, 0.29) is 0 Å². The molecule has 0 atom stereocenters. The molecule has 0 amide bonds. The van der Waals surface area contributed by atoms with Gasteiger partial charge >= 0.3 is 0 Å². The first-order valence-corrected chi connectivity index (χ1v) is 6.68. The Balaban J connectivity index is 2.53. The average Bonchev–Trinajstić information content (AvgIpc) is 2.18. The summed E-state index contributed by atoms with van der Waals surface area (Å²) in [7, 11) is -3.43. The summed E-state index contributed by atoms with van der Waals surface area (Å²) >= 11 is 0. The van der Waals surface area contributed by atoms with Crippen molar-refractivity contribution in [3.8, 4) is 0 Å². The van der Waals surface area contributed by atoms with Gasteiger partial charge in [-0.2, -0.15) is 0 Å². The van der Waals surface area contributed by atoms with Crippen molar-refractivity contribution >= 4 is 21.4 Å². The fraction of sp³-hybridized carbons (Fsp3) is 0.167. The highest BCUT2D eigenvalue weighted by atomic mass is 32.2. The number of nitrogens with zero attached hydrogens (tertiary/aromatic N) is 1. The molecule has 4 nitrogen and oxygen atoms in total. The number of allylic oxidation sites excluding steroid dienone is 3. The topological polar surface area (TPSA) is 63.4 Å². The molecule has 0 saturated heterocycles. The molecule has 5 heteroatoms. The van der Waals surface area contributed by atoms with Crippen LogP contribution >= 0.6 is 0 Å². The monoisotopic (exact) mass is 250 g/mol. The van der Waals surface area contributed by atoms with Crippen LogP contribution in [0.5, 0.6) is 0 Å². The number of hydrogen-bond donors (Lipinski definition) is 1. The predicted octanol–water partition coefficient (Wildman–Crippen LogP) is 2.23. The fourth-order valence-electron chi connectivity index (χ4n) is 1.87. The Hall–Kier alpha value is -1.75. The molecule has 1 aromatic carbocycles. The molecule has 2 rings (SSSR count). The molecule has 90 valence electrons. The van der Waals surface area contributed by atoms with Crippen molar-refractivity contribution in [2.24, 2.45) is 0 Å². The van der Waals surface area contributed by atoms with E-state index in [1.165, 1.54) is 9.71 Å². The molecule has 2 N–H and O–H groups in total. The maximum Gasteiger partial charge on any atom is 0.261 e. The van der Waals surface area contributed by atoms with Gasteiger partial charge in [-0.15, -0.1) is 0 Å². The fourth-order valence-corrected chi connectivity index (χ4v) is 3.38. The lowest BCUT2D eigenvalue weighted by Crippen LogP contribution is -2.29. The quantitative estimate of drug-likeness (QED) is 0.777. The molecule has 17 heavy (non-hydrogen) atoms. The minimum absolute atomic E-state index is 0.594. The summed E-state index contributed by atoms with van der Waals surface area (Å²) < 4.78 is 25.4. The van der Waals surface area contributed by atoms with Gasteiger partial charge < -0.3 is 5.73 Å². The van der Waals surface area contributed by atoms with E-state index in [9.17, 15) is 8.42 Å². The van der Waals surface area contributed by atoms with E-state index < -0.39 is 10.0 Å². The molecule has 0 fully saturated rings. The predicted molar refractivity (Wildman–Crippen MR) is 69.8 cm³/mol. The minimum atomic E-state index is -3.43. The average molecular weight is 250 g/mol. The lowest BCUT2D eigenvalue weighted by Gasteiger charge is -2.26. The summed E-state index contributed by atoms with van der Waals surface area (Å²) in [4.78, 5) is 0. The molecule has 0 saturated carbocycles. The SMILES string of the molecule is CC1=CS(=O)(=O)N(c2ccc(N)cc2)C(C)=C1. The van der Waals surface area contributed by atoms with Crippen molar-refractivity contribution in [3.05, 3.63) is 47.0 Å². The highest BCUT2D eigenvalue weighted by molar-refractivity contribution is 7.95. The first kappa shape index (κ1) is 11.7. The van der Waals surface area contributed by atoms with Crippen LogP contribution in [0.25, 0.3) is 0 Å². The summed E-state index contributed by atoms with van der Waals surface area (Å²) in [6.07, 6.45) is 1.83. The van der Waals surface area contributed by atoms with Crippen LogP contribution in [-0.2, 0) is 10.0 Å². The van der Waals surface area contributed by atoms with Crippen LogP contribution in [0.1, 0.15) is 13.8 Å². The summed E-state index contributed by atoms with van der Waals surface area (Å²) in [5.74, 6) is 0. The number of anilines is 2. The second-order valence-electron chi connectivity index (χ2n) is 4.05. The number of sulfonamides is 1. The molecule has 0 aromatic heterocycles. The van der Waals surface area contributed by atoms with Crippen LogP contribution in [0.3, 0.4) is 0 Å². The van der Waals surface area contributed by atoms with Gasteiger partial charge in [0.2, 0.25) is 0 Å². The number of hydrogen-bond acceptors (Lipinski definition) is 3. The van der Waals surface area contributed by atoms with Crippen molar-refractivity contribution in [1.29, 1.82) is 0 Å². The van der Waals surface area contributed by atoms with Gasteiger partial charge in [-0.05, 0) is 49.8 Å². The Labute approximate surface area is 101 Å². The highest BCUT2D eigenvalue weighted by Crippen LogP contribution is 2.29. The van der Waals surface area contributed by atoms with E-state index in [0.717, 1.165) is 5.57 Å². The van der Waals surface area contributed by atoms with Crippen LogP contribution in [0.4, 0.5) is 11.4 Å². The third-order valence-corrected chi connectivity index (χ3v) is 4.15. The molecule has 1 aliphatic heterocycles. The van der Waals surface area contributed by atoms with Crippen molar-refractivity contribution in [3.63, 3.8) is 0 Å². The van der Waals surface area contributed by atoms with Gasteiger partial charge in [0.15, 0.2) is 0 Å². The van der Waals surface area contributed by atoms with E-state index in [0.29, 0.717) is 17.1 Å². The first-order valence-electron chi connectivity index (χ1n) is 5.17. The van der Waals surface area contributed by atoms with Crippen molar-refractivity contribution < 1.29 is 8.42 Å². The number of nitrogens with two attached hydrogens (primary N) is 1. The third-order valence-electron chi connectivity index (χ3n) is 2.47. The molecular weight excluding hydrogens is 236 g/mol. The van der Waals surface area contributed by atoms with Gasteiger partial charge in [0.1, 0.15) is 0 Å². The largest absolute Gasteiger partial charge is 0.399 e. The molecular formula is C12H14N2O2S. The zero-order chi connectivity index (χ0) is 12.6. The third kappa shape index (κ3) is 2.19. The normalized spacial score (nSPS) is 18.6. The first-order chi connectivity index (χ1) is 7.90. The maximum atomic E-state index is 12.1. The van der Waals surface area contributed by atoms with Crippen molar-refractivity contribution in [2.45, 2.75) is 13.8 Å². The van der Waals surface area contributed by atoms with Gasteiger partial charge in [-0.3, -0.25) is 0 Å². The van der Waals surface area contributed by atoms with E-state index in [2.05, 4.69) is 0 Å². The van der Waals surface area contributed by atoms with E-state index in [4.69, 9.17) is 5.73 Å². The van der Waals surface area contributed by atoms with Gasteiger partial charge in [0.25, 0.3) is 10.0 Å². The van der Waals surface area contributed by atoms with Gasteiger partial charge in [-0.25, -0.2) is 12.7 Å². The summed E-state index contributed by atoms with van der Waals surface area (Å²) in [5.41, 5.74) is 8.19. The van der Waals surface area contributed by atoms with Gasteiger partial charge in [0, 0.05) is 11.4 Å². The Kier molecular flexibility index (Phi) is 2.71. The van der Waals surface area contributed by atoms with E-state index >= 15 is 0 Å². The molecule has 1 aliphatic rings. The molecule has 0 bridgehead atoms. The van der Waals surface area contributed by atoms with E-state index in [1.54, 1.807) is 38.1 Å². The van der Waals surface area contributed by atoms with Crippen LogP contribution in [0, 0.1) is 0 Å². The Morgan fingerprint density at radius 2 is 1.71 bits per heavy atom. The molecule has 0 spiro atoms. The smallest absolute Gasteiger partial charge is 0.261 e. The zero-order valence-corrected chi connectivity index (χ0v) is 10.5. The standard InChI is InChI=1S/C12H14N2O2S/c1-9-7-10(2)14(17(15,16)8-9)12-5-3-11(13)4-6-12/h3-8H,13H2,1-2H3. The second-order valence-corrected chi connectivity index (χ2v) is 5.68. The minimum Gasteiger partial charge on any atom is -0.399 e. The summed E-state index contributed by atoms with van der Waals surface area (Å²) in [5, 5.41) is 1.26. The van der Waals surface area contributed by atoms with Crippen molar-refractivity contribution in [1.82, 2.24) is 0 Å². The van der Waals surface area contributed by atoms with Crippen LogP contribution < -0.4 is 10.0 Å². The van der Waals surface area contributed by atoms with Crippen LogP contribution in [0.15, 0.2) is 47.0 Å². The molecule has 0 unspecified atom stereocenters. The number of rotatable bonds is 1. The molecule has 1 heterocycles. The number of nitrogen functional groups attached to an aromatic ring is 1. The Morgan fingerprint density at radius 3 is 2.24 bits per heavy atom. The zero-order valence-electron chi connectivity index (χ0n) is 9.71. The Bertz CT molecular complexity index is 598. The summed E-state index contributed by atoms with van der Waals surface area (Å²) in [6.45, 7) is 3.53. The number of benzene rings is 1. The lowest BCUT2D eigenvalue weighted by atomic mass is 10.2. The van der Waals surface area contributed by atoms with Gasteiger partial charge in [0.05, 0.1) is 11.1 Å². The highest BCUT2D eigenvalue weighted by Gasteiger charge is 2.25. The van der Waals surface area contributed by atoms with Crippen LogP contribution in [0.2, 0.25) is 0 Å². The Morgan fingerprint density at radius 1 is 1.12 bits per heavy atom. The molecule has 0 radical (unpaired) electrons. The summed E-state index contributed by atoms with van der Waals surface area (Å²) in [6, 6.07) is 6.75. The van der Waals surface area contributed by atoms with E-state index in [1.807, 2.05) is 6.08 Å². The molecule has 0 aliphatic carbocycles.